The van der Waals surface area contributed by atoms with Gasteiger partial charge in [-0.25, -0.2) is 5.01 Å². The maximum Gasteiger partial charge on any atom is 0.270 e. The van der Waals surface area contributed by atoms with Crippen molar-refractivity contribution < 1.29 is 14.7 Å². The molecule has 0 unspecified atom stereocenters. The minimum absolute atomic E-state index is 0.0536. The quantitative estimate of drug-likeness (QED) is 0.781. The molecule has 1 N–H and O–H groups in total. The molecule has 2 aliphatic rings. The van der Waals surface area contributed by atoms with Crippen LogP contribution in [-0.2, 0) is 9.59 Å². The van der Waals surface area contributed by atoms with Crippen LogP contribution in [0.4, 0.5) is 0 Å². The fraction of sp³-hybridized carbons (Fsp3) is 0.769. The van der Waals surface area contributed by atoms with Crippen LogP contribution in [0.5, 0.6) is 0 Å². The molecule has 6 heteroatoms. The third kappa shape index (κ3) is 3.12. The van der Waals surface area contributed by atoms with Gasteiger partial charge in [0, 0.05) is 39.1 Å². The van der Waals surface area contributed by atoms with Gasteiger partial charge in [0.2, 0.25) is 5.91 Å². The molecule has 6 nitrogen and oxygen atoms in total. The van der Waals surface area contributed by atoms with Gasteiger partial charge in [-0.15, -0.1) is 0 Å². The number of aliphatic hydroxyl groups excluding tert-OH is 1. The summed E-state index contributed by atoms with van der Waals surface area (Å²) in [6, 6.07) is 0.282. The minimum atomic E-state index is -0.0718. The Kier molecular flexibility index (Phi) is 4.52. The maximum atomic E-state index is 12.5. The average Bonchev–Trinajstić information content (AvgIpc) is 2.34. The SMILES string of the molecule is CN1N=C(C(=O)N(CCCO)C2CCC2)CCC1=O. The van der Waals surface area contributed by atoms with E-state index in [4.69, 9.17) is 5.11 Å². The second kappa shape index (κ2) is 6.14. The van der Waals surface area contributed by atoms with Crippen molar-refractivity contribution >= 4 is 17.5 Å². The predicted octanol–water partition coefficient (Wildman–Crippen LogP) is 0.358. The molecular formula is C13H21N3O3. The molecule has 106 valence electrons. The molecule has 0 aromatic rings. The monoisotopic (exact) mass is 267 g/mol. The molecular weight excluding hydrogens is 246 g/mol. The van der Waals surface area contributed by atoms with Gasteiger partial charge in [-0.2, -0.15) is 5.10 Å². The van der Waals surface area contributed by atoms with Crippen LogP contribution in [0.3, 0.4) is 0 Å². The highest BCUT2D eigenvalue weighted by atomic mass is 16.3. The van der Waals surface area contributed by atoms with Gasteiger partial charge in [0.15, 0.2) is 0 Å². The molecule has 0 bridgehead atoms. The lowest BCUT2D eigenvalue weighted by Gasteiger charge is -2.38. The number of rotatable bonds is 5. The van der Waals surface area contributed by atoms with Crippen molar-refractivity contribution in [3.63, 3.8) is 0 Å². The van der Waals surface area contributed by atoms with Crippen LogP contribution in [0, 0.1) is 0 Å². The minimum Gasteiger partial charge on any atom is -0.396 e. The molecule has 1 fully saturated rings. The van der Waals surface area contributed by atoms with Gasteiger partial charge in [-0.05, 0) is 25.7 Å². The van der Waals surface area contributed by atoms with Crippen molar-refractivity contribution in [1.82, 2.24) is 9.91 Å². The molecule has 1 saturated carbocycles. The van der Waals surface area contributed by atoms with E-state index in [1.807, 2.05) is 4.90 Å². The van der Waals surface area contributed by atoms with Gasteiger partial charge in [-0.1, -0.05) is 0 Å². The van der Waals surface area contributed by atoms with E-state index in [1.165, 1.54) is 5.01 Å². The number of hydrogen-bond donors (Lipinski definition) is 1. The van der Waals surface area contributed by atoms with Crippen molar-refractivity contribution in [2.75, 3.05) is 20.2 Å². The predicted molar refractivity (Wildman–Crippen MR) is 70.5 cm³/mol. The van der Waals surface area contributed by atoms with Gasteiger partial charge in [-0.3, -0.25) is 9.59 Å². The lowest BCUT2D eigenvalue weighted by atomic mass is 9.90. The van der Waals surface area contributed by atoms with Gasteiger partial charge in [0.25, 0.3) is 5.91 Å². The fourth-order valence-electron chi connectivity index (χ4n) is 2.38. The summed E-state index contributed by atoms with van der Waals surface area (Å²) in [6.07, 6.45) is 4.56. The fourth-order valence-corrected chi connectivity index (χ4v) is 2.38. The summed E-state index contributed by atoms with van der Waals surface area (Å²) in [7, 11) is 1.58. The topological polar surface area (TPSA) is 73.2 Å². The maximum absolute atomic E-state index is 12.5. The van der Waals surface area contributed by atoms with E-state index in [9.17, 15) is 9.59 Å². The molecule has 0 radical (unpaired) electrons. The van der Waals surface area contributed by atoms with E-state index < -0.39 is 0 Å². The first kappa shape index (κ1) is 14.0. The normalized spacial score (nSPS) is 20.0. The van der Waals surface area contributed by atoms with Crippen LogP contribution >= 0.6 is 0 Å². The number of carbonyl (C=O) groups excluding carboxylic acids is 2. The zero-order chi connectivity index (χ0) is 13.8. The van der Waals surface area contributed by atoms with Crippen LogP contribution in [0.2, 0.25) is 0 Å². The summed E-state index contributed by atoms with van der Waals surface area (Å²) in [5, 5.41) is 14.3. The molecule has 1 aliphatic heterocycles. The van der Waals surface area contributed by atoms with E-state index in [2.05, 4.69) is 5.10 Å². The lowest BCUT2D eigenvalue weighted by molar-refractivity contribution is -0.131. The molecule has 1 heterocycles. The Bertz CT molecular complexity index is 391. The molecule has 0 spiro atoms. The molecule has 19 heavy (non-hydrogen) atoms. The Morgan fingerprint density at radius 3 is 2.74 bits per heavy atom. The number of carbonyl (C=O) groups is 2. The first-order chi connectivity index (χ1) is 9.13. The first-order valence-electron chi connectivity index (χ1n) is 6.89. The number of aliphatic hydroxyl groups is 1. The lowest BCUT2D eigenvalue weighted by Crippen LogP contribution is -2.49. The van der Waals surface area contributed by atoms with E-state index in [-0.39, 0.29) is 24.5 Å². The van der Waals surface area contributed by atoms with Crippen LogP contribution in [0.15, 0.2) is 5.10 Å². The summed E-state index contributed by atoms with van der Waals surface area (Å²) in [5.41, 5.74) is 0.465. The Hall–Kier alpha value is -1.43. The Morgan fingerprint density at radius 2 is 2.21 bits per heavy atom. The van der Waals surface area contributed by atoms with E-state index >= 15 is 0 Å². The van der Waals surface area contributed by atoms with Crippen molar-refractivity contribution in [3.05, 3.63) is 0 Å². The van der Waals surface area contributed by atoms with Crippen molar-refractivity contribution in [2.24, 2.45) is 5.10 Å². The van der Waals surface area contributed by atoms with Gasteiger partial charge in [0.1, 0.15) is 5.71 Å². The van der Waals surface area contributed by atoms with Crippen LogP contribution in [0.1, 0.15) is 38.5 Å². The molecule has 0 saturated heterocycles. The smallest absolute Gasteiger partial charge is 0.270 e. The van der Waals surface area contributed by atoms with E-state index in [1.54, 1.807) is 7.05 Å². The summed E-state index contributed by atoms with van der Waals surface area (Å²) in [4.78, 5) is 25.7. The summed E-state index contributed by atoms with van der Waals surface area (Å²) in [5.74, 6) is -0.125. The zero-order valence-electron chi connectivity index (χ0n) is 11.3. The number of nitrogens with zero attached hydrogens (tertiary/aromatic N) is 3. The van der Waals surface area contributed by atoms with Gasteiger partial charge in [0.05, 0.1) is 0 Å². The third-order valence-electron chi connectivity index (χ3n) is 3.79. The first-order valence-corrected chi connectivity index (χ1v) is 6.89. The highest BCUT2D eigenvalue weighted by Crippen LogP contribution is 2.26. The number of hydrogen-bond acceptors (Lipinski definition) is 4. The van der Waals surface area contributed by atoms with Crippen LogP contribution in [0.25, 0.3) is 0 Å². The van der Waals surface area contributed by atoms with E-state index in [0.717, 1.165) is 19.3 Å². The summed E-state index contributed by atoms with van der Waals surface area (Å²) in [6.45, 7) is 0.651. The second-order valence-electron chi connectivity index (χ2n) is 5.12. The second-order valence-corrected chi connectivity index (χ2v) is 5.12. The zero-order valence-corrected chi connectivity index (χ0v) is 11.3. The van der Waals surface area contributed by atoms with Crippen molar-refractivity contribution in [2.45, 2.75) is 44.6 Å². The Balaban J connectivity index is 2.05. The van der Waals surface area contributed by atoms with Gasteiger partial charge >= 0.3 is 0 Å². The largest absolute Gasteiger partial charge is 0.396 e. The molecule has 1 aliphatic carbocycles. The highest BCUT2D eigenvalue weighted by molar-refractivity contribution is 6.39. The molecule has 0 aromatic heterocycles. The molecule has 2 rings (SSSR count). The Morgan fingerprint density at radius 1 is 1.47 bits per heavy atom. The van der Waals surface area contributed by atoms with Crippen molar-refractivity contribution in [3.8, 4) is 0 Å². The van der Waals surface area contributed by atoms with E-state index in [0.29, 0.717) is 31.5 Å². The Labute approximate surface area is 113 Å². The van der Waals surface area contributed by atoms with Crippen LogP contribution in [-0.4, -0.2) is 58.8 Å². The number of amides is 2. The third-order valence-corrected chi connectivity index (χ3v) is 3.79. The highest BCUT2D eigenvalue weighted by Gasteiger charge is 2.32. The summed E-state index contributed by atoms with van der Waals surface area (Å²) < 4.78 is 0. The molecule has 0 atom stereocenters. The van der Waals surface area contributed by atoms with Crippen molar-refractivity contribution in [1.29, 1.82) is 0 Å². The summed E-state index contributed by atoms with van der Waals surface area (Å²) >= 11 is 0. The number of hydrazone groups is 1. The van der Waals surface area contributed by atoms with Gasteiger partial charge < -0.3 is 10.0 Å². The molecule has 0 aromatic carbocycles. The molecule has 2 amide bonds. The average molecular weight is 267 g/mol. The standard InChI is InChI=1S/C13H21N3O3/c1-15-12(18)7-6-11(14-15)13(19)16(8-3-9-17)10-4-2-5-10/h10,17H,2-9H2,1H3. The van der Waals surface area contributed by atoms with Crippen LogP contribution < -0.4 is 0 Å².